The maximum absolute atomic E-state index is 12.4. The van der Waals surface area contributed by atoms with Crippen molar-refractivity contribution in [1.82, 2.24) is 0 Å². The van der Waals surface area contributed by atoms with Gasteiger partial charge in [-0.3, -0.25) is 0 Å². The molecule has 3 unspecified atom stereocenters. The van der Waals surface area contributed by atoms with Crippen LogP contribution in [-0.2, 0) is 0 Å². The second kappa shape index (κ2) is 3.27. The van der Waals surface area contributed by atoms with Crippen molar-refractivity contribution >= 4 is 0 Å². The molecule has 1 fully saturated rings. The Balaban J connectivity index is 2.69. The van der Waals surface area contributed by atoms with Gasteiger partial charge in [-0.05, 0) is 31.1 Å². The lowest BCUT2D eigenvalue weighted by Gasteiger charge is -2.32. The molecule has 0 N–H and O–H groups in total. The Morgan fingerprint density at radius 3 is 2.17 bits per heavy atom. The quantitative estimate of drug-likeness (QED) is 0.535. The highest BCUT2D eigenvalue weighted by Gasteiger charge is 2.42. The van der Waals surface area contributed by atoms with Crippen LogP contribution in [0, 0.1) is 17.7 Å². The van der Waals surface area contributed by atoms with E-state index in [1.807, 2.05) is 0 Å². The molecule has 72 valence electrons. The van der Waals surface area contributed by atoms with Gasteiger partial charge in [-0.25, -0.2) is 0 Å². The van der Waals surface area contributed by atoms with Crippen molar-refractivity contribution in [1.29, 1.82) is 0 Å². The summed E-state index contributed by atoms with van der Waals surface area (Å²) in [6, 6.07) is 0. The van der Waals surface area contributed by atoms with Gasteiger partial charge in [-0.15, -0.1) is 0 Å². The smallest absolute Gasteiger partial charge is 0.171 e. The topological polar surface area (TPSA) is 0 Å². The van der Waals surface area contributed by atoms with Gasteiger partial charge in [0.2, 0.25) is 0 Å². The molecule has 0 bridgehead atoms. The minimum absolute atomic E-state index is 0.0166. The Bertz CT molecular complexity index is 186. The Labute approximate surface area is 72.6 Å². The molecule has 0 radical (unpaired) electrons. The normalized spacial score (nSPS) is 45.6. The van der Waals surface area contributed by atoms with Crippen molar-refractivity contribution in [3.63, 3.8) is 0 Å². The molecule has 0 nitrogen and oxygen atoms in total. The highest BCUT2D eigenvalue weighted by molar-refractivity contribution is 4.79. The largest absolute Gasteiger partial charge is 0.391 e. The lowest BCUT2D eigenvalue weighted by molar-refractivity contribution is -0.189. The maximum Gasteiger partial charge on any atom is 0.391 e. The first-order chi connectivity index (χ1) is 5.71. The average Bonchev–Trinajstić information content (AvgIpc) is 1.79. The first-order valence-corrected chi connectivity index (χ1v) is 4.27. The molecule has 0 amide bonds. The van der Waals surface area contributed by atoms with E-state index in [2.05, 4.69) is 0 Å². The van der Waals surface area contributed by atoms with Crippen molar-refractivity contribution in [2.45, 2.75) is 39.3 Å². The maximum atomic E-state index is 12.4. The van der Waals surface area contributed by atoms with Crippen LogP contribution < -0.4 is 0 Å². The third kappa shape index (κ3) is 2.39. The van der Waals surface area contributed by atoms with Gasteiger partial charge in [0.15, 0.2) is 0 Å². The Morgan fingerprint density at radius 2 is 1.75 bits per heavy atom. The molecule has 0 aromatic carbocycles. The molecule has 1 saturated carbocycles. The minimum atomic E-state index is -4.11. The van der Waals surface area contributed by atoms with Gasteiger partial charge < -0.3 is 0 Å². The highest BCUT2D eigenvalue weighted by Crippen LogP contribution is 2.41. The summed E-state index contributed by atoms with van der Waals surface area (Å²) in [5.41, 5.74) is 0. The van der Waals surface area contributed by atoms with Crippen LogP contribution in [0.2, 0.25) is 0 Å². The minimum Gasteiger partial charge on any atom is -0.171 e. The van der Waals surface area contributed by atoms with E-state index in [9.17, 15) is 13.2 Å². The Hall–Kier alpha value is -0.210. The summed E-state index contributed by atoms with van der Waals surface area (Å²) < 4.78 is 44.8. The molecule has 0 aromatic rings. The SMILES string of the molecule is [2H]C1(C)CC(C)CC(C(F)(F)F)C1. The summed E-state index contributed by atoms with van der Waals surface area (Å²) in [4.78, 5) is 0. The van der Waals surface area contributed by atoms with Gasteiger partial charge >= 0.3 is 6.18 Å². The third-order valence-electron chi connectivity index (χ3n) is 2.44. The summed E-state index contributed by atoms with van der Waals surface area (Å²) >= 11 is 0. The summed E-state index contributed by atoms with van der Waals surface area (Å²) in [7, 11) is 0. The molecule has 0 saturated heterocycles. The molecule has 3 atom stereocenters. The van der Waals surface area contributed by atoms with Crippen molar-refractivity contribution in [2.24, 2.45) is 17.7 Å². The van der Waals surface area contributed by atoms with Crippen LogP contribution in [0.15, 0.2) is 0 Å². The number of halogens is 3. The second-order valence-corrected chi connectivity index (χ2v) is 3.94. The first kappa shape index (κ1) is 8.39. The van der Waals surface area contributed by atoms with Crippen molar-refractivity contribution in [3.05, 3.63) is 0 Å². The molecule has 12 heavy (non-hydrogen) atoms. The van der Waals surface area contributed by atoms with E-state index in [1.54, 1.807) is 13.8 Å². The molecule has 0 aliphatic heterocycles. The fraction of sp³-hybridized carbons (Fsp3) is 1.00. The molecule has 0 spiro atoms. The van der Waals surface area contributed by atoms with Gasteiger partial charge in [-0.1, -0.05) is 13.8 Å². The van der Waals surface area contributed by atoms with Crippen molar-refractivity contribution < 1.29 is 14.5 Å². The molecular weight excluding hydrogens is 165 g/mol. The predicted octanol–water partition coefficient (Wildman–Crippen LogP) is 3.62. The van der Waals surface area contributed by atoms with E-state index in [1.165, 1.54) is 0 Å². The summed E-state index contributed by atoms with van der Waals surface area (Å²) in [6.07, 6.45) is -3.38. The summed E-state index contributed by atoms with van der Waals surface area (Å²) in [5, 5.41) is 0. The number of hydrogen-bond acceptors (Lipinski definition) is 0. The molecular formula is C9H15F3. The standard InChI is InChI=1S/C9H15F3/c1-6-3-7(2)5-8(4-6)9(10,11)12/h6-8H,3-5H2,1-2H3/i6D. The van der Waals surface area contributed by atoms with Crippen LogP contribution >= 0.6 is 0 Å². The van der Waals surface area contributed by atoms with E-state index >= 15 is 0 Å². The van der Waals surface area contributed by atoms with E-state index in [0.717, 1.165) is 0 Å². The highest BCUT2D eigenvalue weighted by atomic mass is 19.4. The summed E-state index contributed by atoms with van der Waals surface area (Å²) in [5.74, 6) is -2.14. The second-order valence-electron chi connectivity index (χ2n) is 3.94. The third-order valence-corrected chi connectivity index (χ3v) is 2.44. The zero-order valence-corrected chi connectivity index (χ0v) is 7.41. The lowest BCUT2D eigenvalue weighted by Crippen LogP contribution is -2.31. The number of alkyl halides is 3. The van der Waals surface area contributed by atoms with E-state index in [4.69, 9.17) is 1.37 Å². The first-order valence-electron chi connectivity index (χ1n) is 4.77. The van der Waals surface area contributed by atoms with Crippen LogP contribution in [0.1, 0.15) is 34.5 Å². The monoisotopic (exact) mass is 181 g/mol. The molecule has 1 aliphatic carbocycles. The number of rotatable bonds is 0. The Morgan fingerprint density at radius 1 is 1.17 bits per heavy atom. The zero-order chi connectivity index (χ0) is 10.3. The van der Waals surface area contributed by atoms with Gasteiger partial charge in [0, 0.05) is 1.37 Å². The summed E-state index contributed by atoms with van der Waals surface area (Å²) in [6.45, 7) is 3.39. The predicted molar refractivity (Wildman–Crippen MR) is 41.7 cm³/mol. The van der Waals surface area contributed by atoms with Crippen LogP contribution in [0.4, 0.5) is 13.2 Å². The van der Waals surface area contributed by atoms with Gasteiger partial charge in [0.05, 0.1) is 5.92 Å². The van der Waals surface area contributed by atoms with E-state index in [-0.39, 0.29) is 18.8 Å². The fourth-order valence-electron chi connectivity index (χ4n) is 2.00. The molecule has 1 aliphatic rings. The molecule has 1 rings (SSSR count). The van der Waals surface area contributed by atoms with Gasteiger partial charge in [-0.2, -0.15) is 13.2 Å². The van der Waals surface area contributed by atoms with Crippen LogP contribution in [0.3, 0.4) is 0 Å². The fourth-order valence-corrected chi connectivity index (χ4v) is 2.00. The average molecular weight is 181 g/mol. The lowest BCUT2D eigenvalue weighted by atomic mass is 9.76. The zero-order valence-electron chi connectivity index (χ0n) is 8.41. The number of hydrogen-bond donors (Lipinski definition) is 0. The molecule has 0 aromatic heterocycles. The van der Waals surface area contributed by atoms with Gasteiger partial charge in [0.25, 0.3) is 0 Å². The van der Waals surface area contributed by atoms with Gasteiger partial charge in [0.1, 0.15) is 0 Å². The van der Waals surface area contributed by atoms with Crippen molar-refractivity contribution in [2.75, 3.05) is 0 Å². The van der Waals surface area contributed by atoms with Crippen molar-refractivity contribution in [3.8, 4) is 0 Å². The molecule has 3 heteroatoms. The van der Waals surface area contributed by atoms with Crippen LogP contribution in [0.5, 0.6) is 0 Å². The van der Waals surface area contributed by atoms with E-state index < -0.39 is 18.0 Å². The molecule has 0 heterocycles. The van der Waals surface area contributed by atoms with Crippen LogP contribution in [-0.4, -0.2) is 6.18 Å². The van der Waals surface area contributed by atoms with Crippen LogP contribution in [0.25, 0.3) is 0 Å². The van der Waals surface area contributed by atoms with E-state index in [0.29, 0.717) is 6.42 Å². The Kier molecular flexibility index (Phi) is 2.28.